The summed E-state index contributed by atoms with van der Waals surface area (Å²) >= 11 is 0. The molecule has 112 valence electrons. The minimum absolute atomic E-state index is 0.0763. The molecule has 4 nitrogen and oxygen atoms in total. The van der Waals surface area contributed by atoms with Gasteiger partial charge in [0.15, 0.2) is 0 Å². The molecule has 1 saturated carbocycles. The summed E-state index contributed by atoms with van der Waals surface area (Å²) in [6.45, 7) is 2.02. The first-order chi connectivity index (χ1) is 10.2. The van der Waals surface area contributed by atoms with Crippen molar-refractivity contribution in [3.05, 3.63) is 29.3 Å². The second kappa shape index (κ2) is 7.70. The molecule has 1 aliphatic rings. The largest absolute Gasteiger partial charge is 0.395 e. The van der Waals surface area contributed by atoms with E-state index in [1.165, 1.54) is 12.8 Å². The first-order valence-corrected chi connectivity index (χ1v) is 7.47. The number of benzene rings is 1. The van der Waals surface area contributed by atoms with E-state index in [0.29, 0.717) is 12.5 Å². The van der Waals surface area contributed by atoms with Gasteiger partial charge in [0.25, 0.3) is 0 Å². The minimum Gasteiger partial charge on any atom is -0.395 e. The van der Waals surface area contributed by atoms with Crippen molar-refractivity contribution < 1.29 is 9.90 Å². The number of hydrogen-bond acceptors (Lipinski definition) is 2. The van der Waals surface area contributed by atoms with Gasteiger partial charge in [-0.3, -0.25) is 0 Å². The van der Waals surface area contributed by atoms with Crippen molar-refractivity contribution in [2.45, 2.75) is 45.1 Å². The van der Waals surface area contributed by atoms with Gasteiger partial charge in [-0.1, -0.05) is 24.7 Å². The highest BCUT2D eigenvalue weighted by molar-refractivity contribution is 5.90. The van der Waals surface area contributed by atoms with Crippen molar-refractivity contribution in [1.82, 2.24) is 5.32 Å². The summed E-state index contributed by atoms with van der Waals surface area (Å²) in [5.41, 5.74) is 2.67. The lowest BCUT2D eigenvalue weighted by atomic mass is 10.1. The van der Waals surface area contributed by atoms with Crippen LogP contribution < -0.4 is 10.6 Å². The number of rotatable bonds is 3. The average Bonchev–Trinajstić information content (AvgIpc) is 2.95. The van der Waals surface area contributed by atoms with Gasteiger partial charge in [0, 0.05) is 23.7 Å². The SMILES string of the molecule is Cc1cc(C#CCCO)ccc1NC(=O)NC1CCCC1. The Kier molecular flexibility index (Phi) is 5.65. The maximum Gasteiger partial charge on any atom is 0.319 e. The molecule has 2 amide bonds. The van der Waals surface area contributed by atoms with Crippen molar-refractivity contribution in [2.24, 2.45) is 0 Å². The number of nitrogens with one attached hydrogen (secondary N) is 2. The fourth-order valence-electron chi connectivity index (χ4n) is 2.52. The first kappa shape index (κ1) is 15.4. The van der Waals surface area contributed by atoms with Gasteiger partial charge in [0.1, 0.15) is 0 Å². The zero-order valence-corrected chi connectivity index (χ0v) is 12.4. The predicted octanol–water partition coefficient (Wildman–Crippen LogP) is 2.79. The molecule has 0 heterocycles. The van der Waals surface area contributed by atoms with E-state index in [4.69, 9.17) is 5.11 Å². The summed E-state index contributed by atoms with van der Waals surface area (Å²) in [5, 5.41) is 14.6. The van der Waals surface area contributed by atoms with Crippen LogP contribution in [-0.4, -0.2) is 23.8 Å². The molecule has 1 aromatic carbocycles. The summed E-state index contributed by atoms with van der Waals surface area (Å²) in [7, 11) is 0. The molecule has 3 N–H and O–H groups in total. The number of carbonyl (C=O) groups excluding carboxylic acids is 1. The number of aliphatic hydroxyl groups is 1. The highest BCUT2D eigenvalue weighted by Gasteiger charge is 2.17. The van der Waals surface area contributed by atoms with Gasteiger partial charge in [-0.25, -0.2) is 4.79 Å². The van der Waals surface area contributed by atoms with Crippen molar-refractivity contribution >= 4 is 11.7 Å². The number of aliphatic hydroxyl groups excluding tert-OH is 1. The van der Waals surface area contributed by atoms with Crippen molar-refractivity contribution in [3.63, 3.8) is 0 Å². The molecule has 0 bridgehead atoms. The third-order valence-electron chi connectivity index (χ3n) is 3.63. The third kappa shape index (κ3) is 4.80. The lowest BCUT2D eigenvalue weighted by Crippen LogP contribution is -2.36. The molecule has 1 aromatic rings. The molecule has 0 aromatic heterocycles. The van der Waals surface area contributed by atoms with Crippen LogP contribution in [0.4, 0.5) is 10.5 Å². The molecule has 0 radical (unpaired) electrons. The van der Waals surface area contributed by atoms with Gasteiger partial charge < -0.3 is 15.7 Å². The van der Waals surface area contributed by atoms with Gasteiger partial charge in [0.2, 0.25) is 0 Å². The van der Waals surface area contributed by atoms with Gasteiger partial charge in [-0.05, 0) is 43.5 Å². The van der Waals surface area contributed by atoms with Gasteiger partial charge in [-0.15, -0.1) is 0 Å². The Bertz CT molecular complexity index is 552. The Balaban J connectivity index is 1.94. The van der Waals surface area contributed by atoms with Crippen molar-refractivity contribution in [1.29, 1.82) is 0 Å². The van der Waals surface area contributed by atoms with E-state index in [0.717, 1.165) is 29.7 Å². The molecule has 0 unspecified atom stereocenters. The van der Waals surface area contributed by atoms with Crippen LogP contribution in [0.1, 0.15) is 43.2 Å². The highest BCUT2D eigenvalue weighted by atomic mass is 16.2. The van der Waals surface area contributed by atoms with E-state index in [-0.39, 0.29) is 12.6 Å². The van der Waals surface area contributed by atoms with Crippen LogP contribution in [0.3, 0.4) is 0 Å². The van der Waals surface area contributed by atoms with E-state index < -0.39 is 0 Å². The van der Waals surface area contributed by atoms with Crippen LogP contribution in [0.15, 0.2) is 18.2 Å². The molecule has 0 spiro atoms. The smallest absolute Gasteiger partial charge is 0.319 e. The van der Waals surface area contributed by atoms with Crippen molar-refractivity contribution in [3.8, 4) is 11.8 Å². The molecule has 21 heavy (non-hydrogen) atoms. The topological polar surface area (TPSA) is 61.4 Å². The van der Waals surface area contributed by atoms with E-state index in [1.807, 2.05) is 25.1 Å². The number of anilines is 1. The van der Waals surface area contributed by atoms with E-state index >= 15 is 0 Å². The number of carbonyl (C=O) groups is 1. The number of amides is 2. The highest BCUT2D eigenvalue weighted by Crippen LogP contribution is 2.19. The molecular weight excluding hydrogens is 264 g/mol. The minimum atomic E-state index is -0.135. The Labute approximate surface area is 125 Å². The van der Waals surface area contributed by atoms with Crippen LogP contribution in [0.25, 0.3) is 0 Å². The van der Waals surface area contributed by atoms with E-state index in [1.54, 1.807) is 0 Å². The molecule has 2 rings (SSSR count). The summed E-state index contributed by atoms with van der Waals surface area (Å²) < 4.78 is 0. The maximum absolute atomic E-state index is 11.9. The lowest BCUT2D eigenvalue weighted by Gasteiger charge is -2.14. The molecule has 0 aliphatic heterocycles. The van der Waals surface area contributed by atoms with E-state index in [2.05, 4.69) is 22.5 Å². The lowest BCUT2D eigenvalue weighted by molar-refractivity contribution is 0.248. The second-order valence-electron chi connectivity index (χ2n) is 5.38. The van der Waals surface area contributed by atoms with Crippen LogP contribution in [-0.2, 0) is 0 Å². The second-order valence-corrected chi connectivity index (χ2v) is 5.38. The zero-order valence-electron chi connectivity index (χ0n) is 12.4. The third-order valence-corrected chi connectivity index (χ3v) is 3.63. The normalized spacial score (nSPS) is 14.4. The first-order valence-electron chi connectivity index (χ1n) is 7.47. The maximum atomic E-state index is 11.9. The Hall–Kier alpha value is -1.99. The van der Waals surface area contributed by atoms with Gasteiger partial charge in [-0.2, -0.15) is 0 Å². The molecule has 4 heteroatoms. The zero-order chi connectivity index (χ0) is 15.1. The quantitative estimate of drug-likeness (QED) is 0.748. The molecule has 1 fully saturated rings. The number of aryl methyl sites for hydroxylation is 1. The fourth-order valence-corrected chi connectivity index (χ4v) is 2.52. The Morgan fingerprint density at radius 1 is 1.38 bits per heavy atom. The number of urea groups is 1. The predicted molar refractivity (Wildman–Crippen MR) is 84.2 cm³/mol. The van der Waals surface area contributed by atoms with Gasteiger partial charge >= 0.3 is 6.03 Å². The molecular formula is C17H22N2O2. The Morgan fingerprint density at radius 2 is 2.14 bits per heavy atom. The summed E-state index contributed by atoms with van der Waals surface area (Å²) in [5.74, 6) is 5.87. The van der Waals surface area contributed by atoms with Crippen LogP contribution in [0, 0.1) is 18.8 Å². The Morgan fingerprint density at radius 3 is 2.81 bits per heavy atom. The van der Waals surface area contributed by atoms with E-state index in [9.17, 15) is 4.79 Å². The summed E-state index contributed by atoms with van der Waals surface area (Å²) in [6.07, 6.45) is 5.02. The summed E-state index contributed by atoms with van der Waals surface area (Å²) in [4.78, 5) is 11.9. The fraction of sp³-hybridized carbons (Fsp3) is 0.471. The standard InChI is InChI=1S/C17H22N2O2/c1-13-12-14(6-4-5-11-20)9-10-16(13)19-17(21)18-15-7-2-3-8-15/h9-10,12,15,20H,2-3,5,7-8,11H2,1H3,(H2,18,19,21). The average molecular weight is 286 g/mol. The van der Waals surface area contributed by atoms with Crippen LogP contribution >= 0.6 is 0 Å². The molecule has 0 atom stereocenters. The van der Waals surface area contributed by atoms with Gasteiger partial charge in [0.05, 0.1) is 6.61 Å². The molecule has 1 aliphatic carbocycles. The summed E-state index contributed by atoms with van der Waals surface area (Å²) in [6, 6.07) is 5.86. The van der Waals surface area contributed by atoms with Crippen LogP contribution in [0.5, 0.6) is 0 Å². The monoisotopic (exact) mass is 286 g/mol. The number of hydrogen-bond donors (Lipinski definition) is 3. The van der Waals surface area contributed by atoms with Crippen LogP contribution in [0.2, 0.25) is 0 Å². The molecule has 0 saturated heterocycles. The van der Waals surface area contributed by atoms with Crippen molar-refractivity contribution in [2.75, 3.05) is 11.9 Å².